The van der Waals surface area contributed by atoms with Gasteiger partial charge in [-0.05, 0) is 30.2 Å². The van der Waals surface area contributed by atoms with Gasteiger partial charge in [0.1, 0.15) is 11.4 Å². The SMILES string of the molecule is COCc1nc(OC)c2c(C)c(C(=O)N(C)Cc3ccc(C#N)cc3)sc2n1. The van der Waals surface area contributed by atoms with E-state index in [4.69, 9.17) is 14.7 Å². The molecule has 28 heavy (non-hydrogen) atoms. The number of aromatic nitrogens is 2. The summed E-state index contributed by atoms with van der Waals surface area (Å²) >= 11 is 1.33. The molecule has 3 rings (SSSR count). The number of ether oxygens (including phenoxy) is 2. The van der Waals surface area contributed by atoms with Crippen LogP contribution in [-0.2, 0) is 17.9 Å². The quantitative estimate of drug-likeness (QED) is 0.635. The number of carbonyl (C=O) groups excluding carboxylic acids is 1. The molecule has 0 bridgehead atoms. The number of rotatable bonds is 6. The zero-order valence-corrected chi connectivity index (χ0v) is 17.0. The van der Waals surface area contributed by atoms with E-state index < -0.39 is 0 Å². The molecule has 0 unspecified atom stereocenters. The van der Waals surface area contributed by atoms with E-state index in [1.54, 1.807) is 38.3 Å². The second-order valence-electron chi connectivity index (χ2n) is 6.29. The van der Waals surface area contributed by atoms with E-state index in [9.17, 15) is 4.79 Å². The molecule has 0 N–H and O–H groups in total. The number of carbonyl (C=O) groups is 1. The Kier molecular flexibility index (Phi) is 5.87. The van der Waals surface area contributed by atoms with E-state index >= 15 is 0 Å². The first-order chi connectivity index (χ1) is 13.5. The van der Waals surface area contributed by atoms with Crippen LogP contribution in [0.15, 0.2) is 24.3 Å². The van der Waals surface area contributed by atoms with Crippen molar-refractivity contribution in [2.24, 2.45) is 0 Å². The molecule has 1 amide bonds. The van der Waals surface area contributed by atoms with Crippen molar-refractivity contribution in [2.75, 3.05) is 21.3 Å². The molecule has 144 valence electrons. The number of nitrogens with zero attached hydrogens (tertiary/aromatic N) is 4. The van der Waals surface area contributed by atoms with Crippen LogP contribution >= 0.6 is 11.3 Å². The van der Waals surface area contributed by atoms with Gasteiger partial charge in [-0.3, -0.25) is 4.79 Å². The highest BCUT2D eigenvalue weighted by Crippen LogP contribution is 2.35. The number of nitriles is 1. The van der Waals surface area contributed by atoms with Crippen LogP contribution in [0, 0.1) is 18.3 Å². The molecule has 8 heteroatoms. The van der Waals surface area contributed by atoms with E-state index in [0.717, 1.165) is 16.5 Å². The average molecular weight is 396 g/mol. The number of amides is 1. The van der Waals surface area contributed by atoms with E-state index in [1.807, 2.05) is 19.1 Å². The van der Waals surface area contributed by atoms with Gasteiger partial charge in [-0.1, -0.05) is 12.1 Å². The lowest BCUT2D eigenvalue weighted by Gasteiger charge is -2.17. The van der Waals surface area contributed by atoms with E-state index in [1.165, 1.54) is 11.3 Å². The maximum absolute atomic E-state index is 13.0. The lowest BCUT2D eigenvalue weighted by molar-refractivity contribution is 0.0789. The minimum Gasteiger partial charge on any atom is -0.480 e. The Morgan fingerprint density at radius 1 is 1.25 bits per heavy atom. The molecule has 7 nitrogen and oxygen atoms in total. The van der Waals surface area contributed by atoms with Crippen molar-refractivity contribution in [3.8, 4) is 11.9 Å². The van der Waals surface area contributed by atoms with Crippen LogP contribution in [0.3, 0.4) is 0 Å². The zero-order valence-electron chi connectivity index (χ0n) is 16.1. The highest BCUT2D eigenvalue weighted by molar-refractivity contribution is 7.20. The van der Waals surface area contributed by atoms with E-state index in [-0.39, 0.29) is 12.5 Å². The zero-order chi connectivity index (χ0) is 20.3. The third-order valence-electron chi connectivity index (χ3n) is 4.31. The highest BCUT2D eigenvalue weighted by Gasteiger charge is 2.23. The third kappa shape index (κ3) is 3.81. The molecule has 0 aliphatic heterocycles. The molecule has 2 heterocycles. The maximum atomic E-state index is 13.0. The van der Waals surface area contributed by atoms with Crippen LogP contribution in [0.4, 0.5) is 0 Å². The van der Waals surface area contributed by atoms with Crippen LogP contribution in [0.1, 0.15) is 32.2 Å². The molecule has 0 atom stereocenters. The standard InChI is InChI=1S/C20H20N4O3S/c1-12-16-18(27-4)22-15(11-26-3)23-19(16)28-17(12)20(25)24(2)10-14-7-5-13(9-21)6-8-14/h5-8H,10-11H2,1-4H3. The fourth-order valence-electron chi connectivity index (χ4n) is 2.89. The third-order valence-corrected chi connectivity index (χ3v) is 5.49. The summed E-state index contributed by atoms with van der Waals surface area (Å²) in [4.78, 5) is 24.9. The molecule has 0 spiro atoms. The Bertz CT molecular complexity index is 1050. The number of thiophene rings is 1. The van der Waals surface area contributed by atoms with Gasteiger partial charge in [0.05, 0.1) is 29.0 Å². The Labute approximate surface area is 167 Å². The fourth-order valence-corrected chi connectivity index (χ4v) is 4.08. The Morgan fingerprint density at radius 2 is 1.96 bits per heavy atom. The minimum absolute atomic E-state index is 0.0970. The number of fused-ring (bicyclic) bond motifs is 1. The van der Waals surface area contributed by atoms with Gasteiger partial charge in [0.15, 0.2) is 5.82 Å². The van der Waals surface area contributed by atoms with Crippen LogP contribution in [0.5, 0.6) is 5.88 Å². The first kappa shape index (κ1) is 19.7. The van der Waals surface area contributed by atoms with Gasteiger partial charge < -0.3 is 14.4 Å². The molecule has 0 fully saturated rings. The van der Waals surface area contributed by atoms with Crippen molar-refractivity contribution in [3.63, 3.8) is 0 Å². The first-order valence-electron chi connectivity index (χ1n) is 8.56. The summed E-state index contributed by atoms with van der Waals surface area (Å²) < 4.78 is 10.5. The molecule has 0 aliphatic rings. The number of methoxy groups -OCH3 is 2. The van der Waals surface area contributed by atoms with Gasteiger partial charge in [0.2, 0.25) is 5.88 Å². The molecular formula is C20H20N4O3S. The highest BCUT2D eigenvalue weighted by atomic mass is 32.1. The Hall–Kier alpha value is -3.02. The largest absolute Gasteiger partial charge is 0.480 e. The summed E-state index contributed by atoms with van der Waals surface area (Å²) in [6.45, 7) is 2.59. The minimum atomic E-state index is -0.0970. The molecule has 1 aromatic carbocycles. The molecule has 0 saturated heterocycles. The van der Waals surface area contributed by atoms with Gasteiger partial charge in [-0.15, -0.1) is 11.3 Å². The van der Waals surface area contributed by atoms with Crippen molar-refractivity contribution in [1.29, 1.82) is 5.26 Å². The summed E-state index contributed by atoms with van der Waals surface area (Å²) in [7, 11) is 4.88. The topological polar surface area (TPSA) is 88.3 Å². The average Bonchev–Trinajstić information content (AvgIpc) is 3.04. The predicted molar refractivity (Wildman–Crippen MR) is 106 cm³/mol. The van der Waals surface area contributed by atoms with E-state index in [0.29, 0.717) is 33.5 Å². The lowest BCUT2D eigenvalue weighted by Crippen LogP contribution is -2.25. The van der Waals surface area contributed by atoms with Crippen LogP contribution < -0.4 is 4.74 Å². The first-order valence-corrected chi connectivity index (χ1v) is 9.37. The monoisotopic (exact) mass is 396 g/mol. The van der Waals surface area contributed by atoms with Crippen LogP contribution in [0.25, 0.3) is 10.2 Å². The van der Waals surface area contributed by atoms with Gasteiger partial charge in [-0.2, -0.15) is 10.2 Å². The van der Waals surface area contributed by atoms with Gasteiger partial charge in [0.25, 0.3) is 5.91 Å². The summed E-state index contributed by atoms with van der Waals surface area (Å²) in [5.41, 5.74) is 2.35. The van der Waals surface area contributed by atoms with Crippen molar-refractivity contribution < 1.29 is 14.3 Å². The molecule has 0 saturated carbocycles. The molecular weight excluding hydrogens is 376 g/mol. The fraction of sp³-hybridized carbons (Fsp3) is 0.300. The van der Waals surface area contributed by atoms with Gasteiger partial charge in [-0.25, -0.2) is 4.98 Å². The smallest absolute Gasteiger partial charge is 0.264 e. The summed E-state index contributed by atoms with van der Waals surface area (Å²) in [6.07, 6.45) is 0. The summed E-state index contributed by atoms with van der Waals surface area (Å²) in [5, 5.41) is 9.65. The lowest BCUT2D eigenvalue weighted by atomic mass is 10.1. The molecule has 3 aromatic rings. The number of hydrogen-bond donors (Lipinski definition) is 0. The van der Waals surface area contributed by atoms with E-state index in [2.05, 4.69) is 16.0 Å². The molecule has 0 radical (unpaired) electrons. The van der Waals surface area contributed by atoms with Crippen molar-refractivity contribution in [3.05, 3.63) is 51.7 Å². The van der Waals surface area contributed by atoms with Crippen LogP contribution in [0.2, 0.25) is 0 Å². The predicted octanol–water partition coefficient (Wildman–Crippen LogP) is 3.30. The number of aryl methyl sites for hydroxylation is 1. The molecule has 2 aromatic heterocycles. The van der Waals surface area contributed by atoms with Crippen molar-refractivity contribution >= 4 is 27.5 Å². The summed E-state index contributed by atoms with van der Waals surface area (Å²) in [6, 6.07) is 9.29. The second-order valence-corrected chi connectivity index (χ2v) is 7.29. The Morgan fingerprint density at radius 3 is 2.57 bits per heavy atom. The van der Waals surface area contributed by atoms with Gasteiger partial charge in [0, 0.05) is 20.7 Å². The second kappa shape index (κ2) is 8.33. The van der Waals surface area contributed by atoms with Gasteiger partial charge >= 0.3 is 0 Å². The number of benzene rings is 1. The summed E-state index contributed by atoms with van der Waals surface area (Å²) in [5.74, 6) is 0.859. The number of hydrogen-bond acceptors (Lipinski definition) is 7. The normalized spacial score (nSPS) is 10.7. The van der Waals surface area contributed by atoms with Crippen LogP contribution in [-0.4, -0.2) is 42.0 Å². The molecule has 0 aliphatic carbocycles. The maximum Gasteiger partial charge on any atom is 0.264 e. The Balaban J connectivity index is 1.92. The van der Waals surface area contributed by atoms with Crippen molar-refractivity contribution in [1.82, 2.24) is 14.9 Å². The van der Waals surface area contributed by atoms with Crippen molar-refractivity contribution in [2.45, 2.75) is 20.1 Å².